The molecular weight excluding hydrogens is 212 g/mol. The van der Waals surface area contributed by atoms with Crippen molar-refractivity contribution in [2.45, 2.75) is 26.7 Å². The fourth-order valence-electron chi connectivity index (χ4n) is 2.17. The average Bonchev–Trinajstić information content (AvgIpc) is 2.33. The van der Waals surface area contributed by atoms with Crippen molar-refractivity contribution in [1.29, 1.82) is 0 Å². The van der Waals surface area contributed by atoms with Crippen molar-refractivity contribution >= 4 is 5.78 Å². The molecule has 2 nitrogen and oxygen atoms in total. The highest BCUT2D eigenvalue weighted by Gasteiger charge is 2.24. The molecule has 0 aromatic rings. The van der Waals surface area contributed by atoms with E-state index in [1.165, 1.54) is 0 Å². The van der Waals surface area contributed by atoms with Gasteiger partial charge in [-0.15, -0.1) is 0 Å². The number of fused-ring (bicyclic) bond motifs is 1. The molecular formula is C15H18O2. The average molecular weight is 230 g/mol. The molecule has 0 spiro atoms. The SMILES string of the molecule is CC(C)(CO)CC1=C2C=CCC=C2C(=O)C=C1. The zero-order chi connectivity index (χ0) is 12.5. The van der Waals surface area contributed by atoms with Crippen LogP contribution >= 0.6 is 0 Å². The van der Waals surface area contributed by atoms with Gasteiger partial charge in [-0.1, -0.05) is 38.2 Å². The smallest absolute Gasteiger partial charge is 0.186 e. The predicted molar refractivity (Wildman–Crippen MR) is 68.5 cm³/mol. The van der Waals surface area contributed by atoms with E-state index in [9.17, 15) is 9.90 Å². The fourth-order valence-corrected chi connectivity index (χ4v) is 2.17. The van der Waals surface area contributed by atoms with Crippen molar-refractivity contribution in [2.24, 2.45) is 5.41 Å². The van der Waals surface area contributed by atoms with Crippen LogP contribution in [0.1, 0.15) is 26.7 Å². The molecule has 0 radical (unpaired) electrons. The molecule has 0 unspecified atom stereocenters. The first-order chi connectivity index (χ1) is 8.03. The van der Waals surface area contributed by atoms with Gasteiger partial charge in [-0.3, -0.25) is 4.79 Å². The number of aliphatic hydroxyl groups excluding tert-OH is 1. The van der Waals surface area contributed by atoms with Crippen LogP contribution in [0.15, 0.2) is 47.1 Å². The van der Waals surface area contributed by atoms with Gasteiger partial charge in [-0.25, -0.2) is 0 Å². The minimum atomic E-state index is -0.149. The summed E-state index contributed by atoms with van der Waals surface area (Å²) >= 11 is 0. The second kappa shape index (κ2) is 4.46. The summed E-state index contributed by atoms with van der Waals surface area (Å²) in [6.07, 6.45) is 11.2. The lowest BCUT2D eigenvalue weighted by atomic mass is 9.79. The van der Waals surface area contributed by atoms with Crippen molar-refractivity contribution < 1.29 is 9.90 Å². The first-order valence-corrected chi connectivity index (χ1v) is 5.97. The Balaban J connectivity index is 2.36. The summed E-state index contributed by atoms with van der Waals surface area (Å²) in [4.78, 5) is 11.7. The molecule has 0 aliphatic heterocycles. The van der Waals surface area contributed by atoms with E-state index in [1.54, 1.807) is 6.08 Å². The van der Waals surface area contributed by atoms with Gasteiger partial charge in [0.25, 0.3) is 0 Å². The molecule has 0 saturated carbocycles. The Kier molecular flexibility index (Phi) is 3.16. The Labute approximate surface area is 102 Å². The molecule has 0 aromatic heterocycles. The van der Waals surface area contributed by atoms with E-state index in [1.807, 2.05) is 32.1 Å². The van der Waals surface area contributed by atoms with Gasteiger partial charge in [-0.2, -0.15) is 0 Å². The third-order valence-electron chi connectivity index (χ3n) is 3.18. The Morgan fingerprint density at radius 3 is 2.76 bits per heavy atom. The third kappa shape index (κ3) is 2.47. The van der Waals surface area contributed by atoms with E-state index in [0.717, 1.165) is 29.6 Å². The zero-order valence-corrected chi connectivity index (χ0v) is 10.4. The van der Waals surface area contributed by atoms with Crippen LogP contribution in [0.25, 0.3) is 0 Å². The highest BCUT2D eigenvalue weighted by Crippen LogP contribution is 2.34. The maximum absolute atomic E-state index is 11.7. The number of hydrogen-bond acceptors (Lipinski definition) is 2. The standard InChI is InChI=1S/C15H18O2/c1-15(2,10-16)9-11-7-8-14(17)13-6-4-3-5-12(11)13/h3,5-8,16H,4,9-10H2,1-2H3. The first-order valence-electron chi connectivity index (χ1n) is 5.97. The minimum absolute atomic E-state index is 0.0925. The number of carbonyl (C=O) groups excluding carboxylic acids is 1. The number of rotatable bonds is 3. The van der Waals surface area contributed by atoms with Gasteiger partial charge in [0.15, 0.2) is 5.78 Å². The second-order valence-corrected chi connectivity index (χ2v) is 5.39. The maximum Gasteiger partial charge on any atom is 0.186 e. The van der Waals surface area contributed by atoms with E-state index in [-0.39, 0.29) is 17.8 Å². The summed E-state index contributed by atoms with van der Waals surface area (Å²) in [6.45, 7) is 4.20. The Hall–Kier alpha value is -1.41. The molecule has 0 saturated heterocycles. The number of aliphatic hydroxyl groups is 1. The molecule has 0 bridgehead atoms. The summed E-state index contributed by atoms with van der Waals surface area (Å²) in [6, 6.07) is 0. The molecule has 0 amide bonds. The van der Waals surface area contributed by atoms with Gasteiger partial charge in [-0.05, 0) is 35.5 Å². The molecule has 0 heterocycles. The van der Waals surface area contributed by atoms with E-state index < -0.39 is 0 Å². The van der Waals surface area contributed by atoms with E-state index in [0.29, 0.717) is 0 Å². The lowest BCUT2D eigenvalue weighted by molar-refractivity contribution is -0.111. The van der Waals surface area contributed by atoms with Crippen molar-refractivity contribution in [3.05, 3.63) is 47.1 Å². The Morgan fingerprint density at radius 1 is 1.29 bits per heavy atom. The van der Waals surface area contributed by atoms with Gasteiger partial charge < -0.3 is 5.11 Å². The van der Waals surface area contributed by atoms with Crippen molar-refractivity contribution in [3.8, 4) is 0 Å². The van der Waals surface area contributed by atoms with Gasteiger partial charge in [0.1, 0.15) is 0 Å². The molecule has 2 heteroatoms. The van der Waals surface area contributed by atoms with Crippen LogP contribution in [0.4, 0.5) is 0 Å². The van der Waals surface area contributed by atoms with Crippen molar-refractivity contribution in [2.75, 3.05) is 6.61 Å². The molecule has 1 N–H and O–H groups in total. The molecule has 90 valence electrons. The van der Waals surface area contributed by atoms with Crippen LogP contribution in [-0.4, -0.2) is 17.5 Å². The van der Waals surface area contributed by atoms with E-state index >= 15 is 0 Å². The largest absolute Gasteiger partial charge is 0.396 e. The van der Waals surface area contributed by atoms with Crippen molar-refractivity contribution in [1.82, 2.24) is 0 Å². The topological polar surface area (TPSA) is 37.3 Å². The van der Waals surface area contributed by atoms with Crippen LogP contribution in [0.5, 0.6) is 0 Å². The first kappa shape index (κ1) is 12.1. The summed E-state index contributed by atoms with van der Waals surface area (Å²) in [5, 5.41) is 9.33. The van der Waals surface area contributed by atoms with Crippen molar-refractivity contribution in [3.63, 3.8) is 0 Å². The predicted octanol–water partition coefficient (Wildman–Crippen LogP) is 2.72. The van der Waals surface area contributed by atoms with Crippen LogP contribution in [0, 0.1) is 5.41 Å². The summed E-state index contributed by atoms with van der Waals surface area (Å²) in [5.41, 5.74) is 2.85. The highest BCUT2D eigenvalue weighted by atomic mass is 16.3. The monoisotopic (exact) mass is 230 g/mol. The molecule has 17 heavy (non-hydrogen) atoms. The fraction of sp³-hybridized carbons (Fsp3) is 0.400. The molecule has 2 aliphatic carbocycles. The molecule has 0 atom stereocenters. The molecule has 2 rings (SSSR count). The zero-order valence-electron chi connectivity index (χ0n) is 10.4. The van der Waals surface area contributed by atoms with E-state index in [2.05, 4.69) is 6.08 Å². The lowest BCUT2D eigenvalue weighted by Gasteiger charge is -2.26. The third-order valence-corrected chi connectivity index (χ3v) is 3.18. The van der Waals surface area contributed by atoms with Gasteiger partial charge in [0.05, 0.1) is 0 Å². The summed E-state index contributed by atoms with van der Waals surface area (Å²) < 4.78 is 0. The quantitative estimate of drug-likeness (QED) is 0.809. The number of allylic oxidation sites excluding steroid dienone is 8. The van der Waals surface area contributed by atoms with Crippen LogP contribution in [-0.2, 0) is 4.79 Å². The van der Waals surface area contributed by atoms with Crippen LogP contribution in [0.2, 0.25) is 0 Å². The summed E-state index contributed by atoms with van der Waals surface area (Å²) in [5.74, 6) is 0.0925. The number of carbonyl (C=O) groups is 1. The van der Waals surface area contributed by atoms with Gasteiger partial charge in [0.2, 0.25) is 0 Å². The summed E-state index contributed by atoms with van der Waals surface area (Å²) in [7, 11) is 0. The lowest BCUT2D eigenvalue weighted by Crippen LogP contribution is -2.19. The van der Waals surface area contributed by atoms with Gasteiger partial charge in [0, 0.05) is 12.2 Å². The Bertz CT molecular complexity index is 459. The number of hydrogen-bond donors (Lipinski definition) is 1. The normalized spacial score (nSPS) is 19.5. The molecule has 0 fully saturated rings. The highest BCUT2D eigenvalue weighted by molar-refractivity contribution is 6.10. The Morgan fingerprint density at radius 2 is 2.06 bits per heavy atom. The second-order valence-electron chi connectivity index (χ2n) is 5.39. The van der Waals surface area contributed by atoms with Crippen LogP contribution in [0.3, 0.4) is 0 Å². The molecule has 2 aliphatic rings. The number of ketones is 1. The maximum atomic E-state index is 11.7. The van der Waals surface area contributed by atoms with E-state index in [4.69, 9.17) is 0 Å². The van der Waals surface area contributed by atoms with Crippen LogP contribution < -0.4 is 0 Å². The van der Waals surface area contributed by atoms with Gasteiger partial charge >= 0.3 is 0 Å². The minimum Gasteiger partial charge on any atom is -0.396 e. The molecule has 0 aromatic carbocycles.